The number of esters is 1. The molecule has 1 atom stereocenters. The minimum Gasteiger partial charge on any atom is -0.466 e. The van der Waals surface area contributed by atoms with E-state index in [2.05, 4.69) is 30.0 Å². The van der Waals surface area contributed by atoms with Crippen LogP contribution in [0.4, 0.5) is 0 Å². The second-order valence-electron chi connectivity index (χ2n) is 6.53. The second-order valence-corrected chi connectivity index (χ2v) is 6.53. The fourth-order valence-corrected chi connectivity index (χ4v) is 3.23. The van der Waals surface area contributed by atoms with Gasteiger partial charge >= 0.3 is 5.97 Å². The van der Waals surface area contributed by atoms with Crippen molar-refractivity contribution in [2.75, 3.05) is 26.2 Å². The van der Waals surface area contributed by atoms with Gasteiger partial charge in [-0.2, -0.15) is 0 Å². The Morgan fingerprint density at radius 2 is 2.04 bits per heavy atom. The summed E-state index contributed by atoms with van der Waals surface area (Å²) < 4.78 is 5.10. The number of likely N-dealkylation sites (tertiary alicyclic amines) is 1. The maximum absolute atomic E-state index is 11.7. The molecule has 1 aliphatic rings. The van der Waals surface area contributed by atoms with Gasteiger partial charge in [0.15, 0.2) is 0 Å². The first-order chi connectivity index (χ1) is 11.0. The van der Waals surface area contributed by atoms with E-state index < -0.39 is 6.10 Å². The number of carbonyl (C=O) groups is 1. The van der Waals surface area contributed by atoms with Crippen LogP contribution in [0.3, 0.4) is 0 Å². The Morgan fingerprint density at radius 3 is 2.70 bits per heavy atom. The molecule has 23 heavy (non-hydrogen) atoms. The van der Waals surface area contributed by atoms with Gasteiger partial charge in [-0.3, -0.25) is 4.79 Å². The Bertz CT molecular complexity index is 521. The van der Waals surface area contributed by atoms with Crippen LogP contribution in [0, 0.1) is 19.8 Å². The number of benzene rings is 1. The summed E-state index contributed by atoms with van der Waals surface area (Å²) in [4.78, 5) is 14.1. The molecule has 0 aliphatic carbocycles. The molecule has 0 saturated carbocycles. The fraction of sp³-hybridized carbons (Fsp3) is 0.632. The maximum atomic E-state index is 11.7. The molecule has 0 spiro atoms. The van der Waals surface area contributed by atoms with Crippen LogP contribution in [0.2, 0.25) is 0 Å². The maximum Gasteiger partial charge on any atom is 0.309 e. The number of hydrogen-bond acceptors (Lipinski definition) is 4. The quantitative estimate of drug-likeness (QED) is 0.819. The number of piperidine rings is 1. The van der Waals surface area contributed by atoms with Gasteiger partial charge in [-0.1, -0.05) is 23.8 Å². The van der Waals surface area contributed by atoms with E-state index in [0.717, 1.165) is 50.0 Å². The van der Waals surface area contributed by atoms with Gasteiger partial charge in [0.1, 0.15) is 0 Å². The third kappa shape index (κ3) is 5.05. The van der Waals surface area contributed by atoms with Gasteiger partial charge in [0.2, 0.25) is 0 Å². The first-order valence-corrected chi connectivity index (χ1v) is 8.65. The Morgan fingerprint density at radius 1 is 1.35 bits per heavy atom. The van der Waals surface area contributed by atoms with Crippen LogP contribution in [-0.4, -0.2) is 42.2 Å². The largest absolute Gasteiger partial charge is 0.466 e. The number of aliphatic hydroxyl groups is 1. The average molecular weight is 319 g/mol. The lowest BCUT2D eigenvalue weighted by Gasteiger charge is -2.31. The number of ether oxygens (including phenoxy) is 1. The molecule has 0 bridgehead atoms. The lowest BCUT2D eigenvalue weighted by Crippen LogP contribution is -2.37. The Labute approximate surface area is 139 Å². The molecule has 1 N–H and O–H groups in total. The highest BCUT2D eigenvalue weighted by Crippen LogP contribution is 2.24. The second kappa shape index (κ2) is 8.46. The molecule has 2 rings (SSSR count). The molecular weight excluding hydrogens is 290 g/mol. The summed E-state index contributed by atoms with van der Waals surface area (Å²) in [6.45, 7) is 9.08. The standard InChI is InChI=1S/C19H29NO3/c1-4-23-19(22)16-7-10-20(11-8-16)12-9-18(21)17-13-14(2)5-6-15(17)3/h5-6,13,16,18,21H,4,7-12H2,1-3H3. The summed E-state index contributed by atoms with van der Waals surface area (Å²) in [7, 11) is 0. The highest BCUT2D eigenvalue weighted by molar-refractivity contribution is 5.72. The van der Waals surface area contributed by atoms with Crippen molar-refractivity contribution in [1.29, 1.82) is 0 Å². The summed E-state index contributed by atoms with van der Waals surface area (Å²) in [5.74, 6) is -0.00212. The molecule has 1 heterocycles. The van der Waals surface area contributed by atoms with E-state index in [1.165, 1.54) is 5.56 Å². The summed E-state index contributed by atoms with van der Waals surface area (Å²) in [5.41, 5.74) is 3.36. The smallest absolute Gasteiger partial charge is 0.309 e. The van der Waals surface area contributed by atoms with Crippen molar-refractivity contribution in [3.63, 3.8) is 0 Å². The molecule has 4 nitrogen and oxygen atoms in total. The van der Waals surface area contributed by atoms with E-state index in [9.17, 15) is 9.90 Å². The summed E-state index contributed by atoms with van der Waals surface area (Å²) in [5, 5.41) is 10.5. The van der Waals surface area contributed by atoms with E-state index in [-0.39, 0.29) is 11.9 Å². The minimum atomic E-state index is -0.419. The van der Waals surface area contributed by atoms with E-state index in [4.69, 9.17) is 4.74 Å². The molecular formula is C19H29NO3. The van der Waals surface area contributed by atoms with Crippen molar-refractivity contribution in [2.45, 2.75) is 46.1 Å². The number of rotatable bonds is 6. The van der Waals surface area contributed by atoms with Crippen molar-refractivity contribution in [3.05, 3.63) is 34.9 Å². The monoisotopic (exact) mass is 319 g/mol. The van der Waals surface area contributed by atoms with Gasteiger partial charge in [-0.05, 0) is 64.3 Å². The molecule has 128 valence electrons. The summed E-state index contributed by atoms with van der Waals surface area (Å²) in [6.07, 6.45) is 2.03. The molecule has 0 aromatic heterocycles. The third-order valence-electron chi connectivity index (χ3n) is 4.72. The third-order valence-corrected chi connectivity index (χ3v) is 4.72. The average Bonchev–Trinajstić information content (AvgIpc) is 2.55. The van der Waals surface area contributed by atoms with Crippen molar-refractivity contribution in [3.8, 4) is 0 Å². The van der Waals surface area contributed by atoms with Crippen molar-refractivity contribution < 1.29 is 14.6 Å². The van der Waals surface area contributed by atoms with Crippen LogP contribution in [0.5, 0.6) is 0 Å². The van der Waals surface area contributed by atoms with Gasteiger partial charge in [-0.15, -0.1) is 0 Å². The van der Waals surface area contributed by atoms with Gasteiger partial charge in [0, 0.05) is 6.54 Å². The lowest BCUT2D eigenvalue weighted by atomic mass is 9.95. The normalized spacial score (nSPS) is 17.9. The summed E-state index contributed by atoms with van der Waals surface area (Å²) in [6, 6.07) is 6.22. The number of aliphatic hydroxyl groups excluding tert-OH is 1. The first-order valence-electron chi connectivity index (χ1n) is 8.65. The van der Waals surface area contributed by atoms with Crippen LogP contribution in [0.15, 0.2) is 18.2 Å². The fourth-order valence-electron chi connectivity index (χ4n) is 3.23. The molecule has 1 aromatic rings. The first kappa shape index (κ1) is 18.0. The molecule has 4 heteroatoms. The van der Waals surface area contributed by atoms with E-state index in [0.29, 0.717) is 6.61 Å². The van der Waals surface area contributed by atoms with Gasteiger partial charge < -0.3 is 14.7 Å². The zero-order valence-electron chi connectivity index (χ0n) is 14.5. The van der Waals surface area contributed by atoms with E-state index in [1.54, 1.807) is 0 Å². The molecule has 1 unspecified atom stereocenters. The Kier molecular flexibility index (Phi) is 6.60. The van der Waals surface area contributed by atoms with Gasteiger partial charge in [-0.25, -0.2) is 0 Å². The van der Waals surface area contributed by atoms with E-state index >= 15 is 0 Å². The number of aryl methyl sites for hydroxylation is 2. The van der Waals surface area contributed by atoms with Crippen molar-refractivity contribution in [1.82, 2.24) is 4.90 Å². The van der Waals surface area contributed by atoms with Crippen LogP contribution in [-0.2, 0) is 9.53 Å². The topological polar surface area (TPSA) is 49.8 Å². The van der Waals surface area contributed by atoms with Crippen LogP contribution in [0.25, 0.3) is 0 Å². The van der Waals surface area contributed by atoms with Crippen molar-refractivity contribution >= 4 is 5.97 Å². The van der Waals surface area contributed by atoms with Gasteiger partial charge in [0.05, 0.1) is 18.6 Å². The molecule has 0 amide bonds. The Hall–Kier alpha value is -1.39. The van der Waals surface area contributed by atoms with Crippen LogP contribution >= 0.6 is 0 Å². The zero-order valence-corrected chi connectivity index (χ0v) is 14.5. The SMILES string of the molecule is CCOC(=O)C1CCN(CCC(O)c2cc(C)ccc2C)CC1. The molecule has 1 aliphatic heterocycles. The number of hydrogen-bond donors (Lipinski definition) is 1. The van der Waals surface area contributed by atoms with Crippen LogP contribution in [0.1, 0.15) is 49.0 Å². The van der Waals surface area contributed by atoms with Crippen molar-refractivity contribution in [2.24, 2.45) is 5.92 Å². The molecule has 1 aromatic carbocycles. The predicted molar refractivity (Wildman–Crippen MR) is 91.3 cm³/mol. The summed E-state index contributed by atoms with van der Waals surface area (Å²) >= 11 is 0. The number of nitrogens with zero attached hydrogens (tertiary/aromatic N) is 1. The molecule has 1 saturated heterocycles. The van der Waals surface area contributed by atoms with E-state index in [1.807, 2.05) is 13.8 Å². The molecule has 1 fully saturated rings. The Balaban J connectivity index is 1.79. The minimum absolute atomic E-state index is 0.0511. The molecule has 0 radical (unpaired) electrons. The zero-order chi connectivity index (χ0) is 16.8. The highest BCUT2D eigenvalue weighted by atomic mass is 16.5. The highest BCUT2D eigenvalue weighted by Gasteiger charge is 2.26. The van der Waals surface area contributed by atoms with Gasteiger partial charge in [0.25, 0.3) is 0 Å². The number of carbonyl (C=O) groups excluding carboxylic acids is 1. The predicted octanol–water partition coefficient (Wildman–Crippen LogP) is 3.00. The lowest BCUT2D eigenvalue weighted by molar-refractivity contribution is -0.149. The van der Waals surface area contributed by atoms with Crippen LogP contribution < -0.4 is 0 Å².